The molecule has 1 aromatic heterocycles. The van der Waals surface area contributed by atoms with Crippen LogP contribution in [-0.4, -0.2) is 15.0 Å². The van der Waals surface area contributed by atoms with E-state index in [1.165, 1.54) is 0 Å². The van der Waals surface area contributed by atoms with E-state index in [-0.39, 0.29) is 0 Å². The molecule has 9 rings (SSSR count). The van der Waals surface area contributed by atoms with Crippen LogP contribution in [-0.2, 0) is 0 Å². The highest BCUT2D eigenvalue weighted by molar-refractivity contribution is 6.01. The number of para-hydroxylation sites is 5. The normalized spacial score (nSPS) is 11.0. The number of hydrogen-bond donors (Lipinski definition) is 0. The Bertz CT molecular complexity index is 2330. The Morgan fingerprint density at radius 2 is 0.566 bits per heavy atom. The van der Waals surface area contributed by atoms with Crippen LogP contribution in [0.25, 0.3) is 39.0 Å². The molecule has 8 aromatic carbocycles. The molecule has 0 saturated heterocycles. The first-order valence-corrected chi connectivity index (χ1v) is 17.8. The van der Waals surface area contributed by atoms with Crippen LogP contribution in [0.3, 0.4) is 0 Å². The second-order valence-corrected chi connectivity index (χ2v) is 12.8. The van der Waals surface area contributed by atoms with E-state index in [9.17, 15) is 0 Å². The van der Waals surface area contributed by atoms with Crippen LogP contribution in [0.15, 0.2) is 212 Å². The number of fused-ring (bicyclic) bond motifs is 1. The molecule has 252 valence electrons. The molecule has 0 aliphatic heterocycles. The van der Waals surface area contributed by atoms with Crippen LogP contribution in [0.5, 0.6) is 0 Å². The van der Waals surface area contributed by atoms with Crippen LogP contribution in [0.1, 0.15) is 0 Å². The number of hydrogen-bond acceptors (Lipinski definition) is 4. The summed E-state index contributed by atoms with van der Waals surface area (Å²) in [4.78, 5) is 6.29. The van der Waals surface area contributed by atoms with E-state index < -0.39 is 0 Å². The maximum atomic E-state index is 5.11. The van der Waals surface area contributed by atoms with Gasteiger partial charge in [-0.15, -0.1) is 10.2 Å². The van der Waals surface area contributed by atoms with Crippen molar-refractivity contribution in [2.24, 2.45) is 0 Å². The maximum absolute atomic E-state index is 5.11. The zero-order valence-corrected chi connectivity index (χ0v) is 28.9. The zero-order valence-electron chi connectivity index (χ0n) is 28.9. The summed E-state index contributed by atoms with van der Waals surface area (Å²) in [7, 11) is 0. The van der Waals surface area contributed by atoms with Gasteiger partial charge in [-0.05, 0) is 96.1 Å². The summed E-state index contributed by atoms with van der Waals surface area (Å²) in [6.07, 6.45) is 0. The maximum Gasteiger partial charge on any atom is 0.122 e. The predicted molar refractivity (Wildman–Crippen MR) is 219 cm³/mol. The lowest BCUT2D eigenvalue weighted by Gasteiger charge is -2.25. The largest absolute Gasteiger partial charge is 0.311 e. The number of benzene rings is 8. The SMILES string of the molecule is c1ccc(N(c2ccccc2)c2ccc(-c3ccc(-c4ccc(N(c5ccccc5)c5ccccc5)cc4)c4nn(-c5ccccc5)nc34)cc2)cc1. The Labute approximate surface area is 309 Å². The van der Waals surface area contributed by atoms with Crippen molar-refractivity contribution >= 4 is 45.2 Å². The molecule has 0 atom stereocenters. The van der Waals surface area contributed by atoms with Gasteiger partial charge in [0.2, 0.25) is 0 Å². The van der Waals surface area contributed by atoms with E-state index in [0.29, 0.717) is 0 Å². The second kappa shape index (κ2) is 14.2. The van der Waals surface area contributed by atoms with E-state index >= 15 is 0 Å². The highest BCUT2D eigenvalue weighted by atomic mass is 15.5. The molecule has 1 heterocycles. The lowest BCUT2D eigenvalue weighted by atomic mass is 9.97. The Morgan fingerprint density at radius 1 is 0.283 bits per heavy atom. The summed E-state index contributed by atoms with van der Waals surface area (Å²) in [5.74, 6) is 0. The first kappa shape index (κ1) is 31.7. The summed E-state index contributed by atoms with van der Waals surface area (Å²) < 4.78 is 0. The minimum Gasteiger partial charge on any atom is -0.311 e. The van der Waals surface area contributed by atoms with Gasteiger partial charge < -0.3 is 9.80 Å². The molecule has 9 aromatic rings. The molecule has 0 aliphatic rings. The Morgan fingerprint density at radius 3 is 0.887 bits per heavy atom. The monoisotopic (exact) mass is 681 g/mol. The number of nitrogens with zero attached hydrogens (tertiary/aromatic N) is 5. The molecule has 0 saturated carbocycles. The highest BCUT2D eigenvalue weighted by Crippen LogP contribution is 2.40. The van der Waals surface area contributed by atoms with Gasteiger partial charge in [0.15, 0.2) is 0 Å². The first-order chi connectivity index (χ1) is 26.3. The zero-order chi connectivity index (χ0) is 35.4. The van der Waals surface area contributed by atoms with E-state index in [1.54, 1.807) is 4.80 Å². The van der Waals surface area contributed by atoms with Crippen LogP contribution >= 0.6 is 0 Å². The molecular formula is C48H35N5. The predicted octanol–water partition coefficient (Wildman–Crippen LogP) is 12.7. The van der Waals surface area contributed by atoms with Crippen molar-refractivity contribution in [3.63, 3.8) is 0 Å². The van der Waals surface area contributed by atoms with Crippen molar-refractivity contribution < 1.29 is 0 Å². The van der Waals surface area contributed by atoms with E-state index in [4.69, 9.17) is 10.2 Å². The minimum atomic E-state index is 0.848. The lowest BCUT2D eigenvalue weighted by molar-refractivity contribution is 0.766. The smallest absolute Gasteiger partial charge is 0.122 e. The number of rotatable bonds is 9. The van der Waals surface area contributed by atoms with Gasteiger partial charge in [0.1, 0.15) is 11.0 Å². The topological polar surface area (TPSA) is 37.2 Å². The third kappa shape index (κ3) is 6.32. The molecule has 0 spiro atoms. The molecule has 0 aliphatic carbocycles. The van der Waals surface area contributed by atoms with Crippen LogP contribution in [0, 0.1) is 0 Å². The van der Waals surface area contributed by atoms with Gasteiger partial charge in [-0.25, -0.2) is 0 Å². The van der Waals surface area contributed by atoms with Crippen molar-refractivity contribution in [1.82, 2.24) is 15.0 Å². The lowest BCUT2D eigenvalue weighted by Crippen LogP contribution is -2.09. The molecule has 0 unspecified atom stereocenters. The first-order valence-electron chi connectivity index (χ1n) is 17.8. The van der Waals surface area contributed by atoms with Gasteiger partial charge >= 0.3 is 0 Å². The average Bonchev–Trinajstić information content (AvgIpc) is 3.69. The molecule has 0 radical (unpaired) electrons. The summed E-state index contributed by atoms with van der Waals surface area (Å²) in [6.45, 7) is 0. The molecule has 0 N–H and O–H groups in total. The van der Waals surface area contributed by atoms with Crippen LogP contribution in [0.4, 0.5) is 34.1 Å². The van der Waals surface area contributed by atoms with Gasteiger partial charge in [0.05, 0.1) is 5.69 Å². The Hall–Kier alpha value is -7.24. The quantitative estimate of drug-likeness (QED) is 0.152. The molecule has 0 fully saturated rings. The molecule has 0 bridgehead atoms. The van der Waals surface area contributed by atoms with Gasteiger partial charge in [-0.2, -0.15) is 4.80 Å². The minimum absolute atomic E-state index is 0.848. The fourth-order valence-corrected chi connectivity index (χ4v) is 6.92. The molecular weight excluding hydrogens is 647 g/mol. The molecule has 0 amide bonds. The second-order valence-electron chi connectivity index (χ2n) is 12.8. The third-order valence-electron chi connectivity index (χ3n) is 9.46. The van der Waals surface area contributed by atoms with E-state index in [2.05, 4.69) is 168 Å². The van der Waals surface area contributed by atoms with Crippen LogP contribution < -0.4 is 9.80 Å². The summed E-state index contributed by atoms with van der Waals surface area (Å²) in [5.41, 5.74) is 13.4. The van der Waals surface area contributed by atoms with Crippen molar-refractivity contribution in [1.29, 1.82) is 0 Å². The standard InChI is InChI=1S/C48H35N5/c1-6-16-38(17-7-1)51(39-18-8-2-9-19-39)42-30-26-36(27-31-42)45-34-35-46(48-47(45)49-53(50-48)44-24-14-5-15-25-44)37-28-32-43(33-29-37)52(40-20-10-3-11-21-40)41-22-12-4-13-23-41/h1-35H. The number of aromatic nitrogens is 3. The molecule has 5 heteroatoms. The van der Waals surface area contributed by atoms with Crippen molar-refractivity contribution in [2.45, 2.75) is 0 Å². The van der Waals surface area contributed by atoms with E-state index in [1.807, 2.05) is 54.6 Å². The van der Waals surface area contributed by atoms with Gasteiger partial charge in [0.25, 0.3) is 0 Å². The van der Waals surface area contributed by atoms with Gasteiger partial charge in [-0.3, -0.25) is 0 Å². The summed E-state index contributed by atoms with van der Waals surface area (Å²) >= 11 is 0. The average molecular weight is 682 g/mol. The van der Waals surface area contributed by atoms with Crippen molar-refractivity contribution in [2.75, 3.05) is 9.80 Å². The Balaban J connectivity index is 1.12. The summed E-state index contributed by atoms with van der Waals surface area (Å²) in [6, 6.07) is 73.8. The third-order valence-corrected chi connectivity index (χ3v) is 9.46. The number of anilines is 6. The highest BCUT2D eigenvalue weighted by Gasteiger charge is 2.19. The molecule has 5 nitrogen and oxygen atoms in total. The van der Waals surface area contributed by atoms with Crippen molar-refractivity contribution in [3.8, 4) is 27.9 Å². The fraction of sp³-hybridized carbons (Fsp3) is 0. The summed E-state index contributed by atoms with van der Waals surface area (Å²) in [5, 5.41) is 10.2. The van der Waals surface area contributed by atoms with Crippen LogP contribution in [0.2, 0.25) is 0 Å². The fourth-order valence-electron chi connectivity index (χ4n) is 6.92. The van der Waals surface area contributed by atoms with Gasteiger partial charge in [0, 0.05) is 45.3 Å². The Kier molecular flexibility index (Phi) is 8.48. The van der Waals surface area contributed by atoms with Crippen molar-refractivity contribution in [3.05, 3.63) is 212 Å². The molecule has 53 heavy (non-hydrogen) atoms. The van der Waals surface area contributed by atoms with E-state index in [0.717, 1.165) is 73.1 Å². The van der Waals surface area contributed by atoms with Gasteiger partial charge in [-0.1, -0.05) is 127 Å².